The van der Waals surface area contributed by atoms with Crippen molar-refractivity contribution >= 4 is 44.7 Å². The van der Waals surface area contributed by atoms with Crippen LogP contribution in [0.4, 0.5) is 0 Å². The number of Topliss-reactive ketones (excluding diaryl/α,β-unsaturated/α-hetero) is 1. The van der Waals surface area contributed by atoms with Gasteiger partial charge in [0.25, 0.3) is 0 Å². The van der Waals surface area contributed by atoms with Crippen LogP contribution in [0.25, 0.3) is 0 Å². The number of benzene rings is 1. The van der Waals surface area contributed by atoms with Crippen LogP contribution in [0.15, 0.2) is 40.9 Å². The van der Waals surface area contributed by atoms with E-state index in [0.29, 0.717) is 6.42 Å². The normalized spacial score (nSPS) is 10.4. The third-order valence-electron chi connectivity index (χ3n) is 2.11. The first-order chi connectivity index (χ1) is 7.65. The molecule has 0 radical (unpaired) electrons. The average molecular weight is 316 g/mol. The minimum atomic E-state index is 0.111. The fraction of sp³-hybridized carbons (Fsp3) is 0.0833. The number of carbonyl (C=O) groups is 1. The van der Waals surface area contributed by atoms with Crippen molar-refractivity contribution in [1.82, 2.24) is 0 Å². The van der Waals surface area contributed by atoms with Crippen LogP contribution < -0.4 is 0 Å². The fourth-order valence-electron chi connectivity index (χ4n) is 1.37. The fourth-order valence-corrected chi connectivity index (χ4v) is 2.85. The summed E-state index contributed by atoms with van der Waals surface area (Å²) in [6, 6.07) is 11.1. The molecule has 2 aromatic rings. The third kappa shape index (κ3) is 2.94. The van der Waals surface area contributed by atoms with Crippen molar-refractivity contribution in [3.8, 4) is 0 Å². The van der Waals surface area contributed by atoms with Gasteiger partial charge in [-0.3, -0.25) is 4.79 Å². The summed E-state index contributed by atoms with van der Waals surface area (Å²) < 4.78 is 1.64. The van der Waals surface area contributed by atoms with Gasteiger partial charge in [-0.1, -0.05) is 39.7 Å². The highest BCUT2D eigenvalue weighted by Crippen LogP contribution is 2.23. The van der Waals surface area contributed by atoms with Gasteiger partial charge in [-0.2, -0.15) is 0 Å². The summed E-state index contributed by atoms with van der Waals surface area (Å²) in [7, 11) is 0. The summed E-state index contributed by atoms with van der Waals surface area (Å²) in [6.45, 7) is 0. The lowest BCUT2D eigenvalue weighted by Crippen LogP contribution is -2.01. The lowest BCUT2D eigenvalue weighted by Gasteiger charge is -1.99. The summed E-state index contributed by atoms with van der Waals surface area (Å²) in [5, 5.41) is 0. The highest BCUT2D eigenvalue weighted by Gasteiger charge is 2.08. The highest BCUT2D eigenvalue weighted by atomic mass is 79.9. The molecule has 1 aromatic carbocycles. The lowest BCUT2D eigenvalue weighted by molar-refractivity contribution is 0.0994. The summed E-state index contributed by atoms with van der Waals surface area (Å²) in [5.74, 6) is 0.111. The molecule has 0 amide bonds. The van der Waals surface area contributed by atoms with E-state index >= 15 is 0 Å². The Morgan fingerprint density at radius 2 is 2.12 bits per heavy atom. The summed E-state index contributed by atoms with van der Waals surface area (Å²) in [6.07, 6.45) is 0.411. The molecule has 0 unspecified atom stereocenters. The molecule has 0 aliphatic carbocycles. The van der Waals surface area contributed by atoms with Gasteiger partial charge >= 0.3 is 0 Å². The second-order valence-corrected chi connectivity index (χ2v) is 6.03. The average Bonchev–Trinajstić information content (AvgIpc) is 2.64. The molecule has 1 heterocycles. The van der Waals surface area contributed by atoms with Gasteiger partial charge < -0.3 is 0 Å². The molecule has 0 fully saturated rings. The second-order valence-electron chi connectivity index (χ2n) is 3.32. The number of thiophene rings is 1. The number of halogens is 2. The van der Waals surface area contributed by atoms with Gasteiger partial charge in [0.1, 0.15) is 0 Å². The predicted molar refractivity (Wildman–Crippen MR) is 71.5 cm³/mol. The maximum absolute atomic E-state index is 11.9. The van der Waals surface area contributed by atoms with Crippen LogP contribution in [0.5, 0.6) is 0 Å². The third-order valence-corrected chi connectivity index (χ3v) is 3.83. The molecule has 0 atom stereocenters. The van der Waals surface area contributed by atoms with Gasteiger partial charge in [-0.05, 0) is 24.3 Å². The maximum atomic E-state index is 11.9. The van der Waals surface area contributed by atoms with Crippen molar-refractivity contribution in [2.75, 3.05) is 0 Å². The number of hydrogen-bond donors (Lipinski definition) is 0. The molecule has 82 valence electrons. The summed E-state index contributed by atoms with van der Waals surface area (Å²) >= 11 is 10.6. The van der Waals surface area contributed by atoms with Crippen LogP contribution in [-0.2, 0) is 6.42 Å². The first kappa shape index (κ1) is 11.8. The molecule has 4 heteroatoms. The van der Waals surface area contributed by atoms with Crippen molar-refractivity contribution < 1.29 is 4.79 Å². The van der Waals surface area contributed by atoms with E-state index in [1.54, 1.807) is 0 Å². The molecule has 0 saturated carbocycles. The van der Waals surface area contributed by atoms with Crippen molar-refractivity contribution in [3.05, 3.63) is 55.6 Å². The molecular weight excluding hydrogens is 308 g/mol. The Morgan fingerprint density at radius 3 is 2.75 bits per heavy atom. The number of carbonyl (C=O) groups excluding carboxylic acids is 1. The van der Waals surface area contributed by atoms with Gasteiger partial charge in [0.15, 0.2) is 5.78 Å². The number of hydrogen-bond acceptors (Lipinski definition) is 2. The molecule has 0 spiro atoms. The predicted octanol–water partition coefficient (Wildman–Crippen LogP) is 4.59. The Morgan fingerprint density at radius 1 is 1.31 bits per heavy atom. The van der Waals surface area contributed by atoms with Gasteiger partial charge in [0, 0.05) is 21.3 Å². The monoisotopic (exact) mass is 314 g/mol. The first-order valence-corrected chi connectivity index (χ1v) is 6.67. The molecule has 2 rings (SSSR count). The van der Waals surface area contributed by atoms with Crippen LogP contribution in [-0.4, -0.2) is 5.78 Å². The Kier molecular flexibility index (Phi) is 3.79. The maximum Gasteiger partial charge on any atom is 0.168 e. The smallest absolute Gasteiger partial charge is 0.168 e. The minimum absolute atomic E-state index is 0.111. The summed E-state index contributed by atoms with van der Waals surface area (Å²) in [4.78, 5) is 12.9. The number of rotatable bonds is 3. The molecule has 0 aliphatic rings. The molecule has 1 aromatic heterocycles. The van der Waals surface area contributed by atoms with Crippen molar-refractivity contribution in [1.29, 1.82) is 0 Å². The highest BCUT2D eigenvalue weighted by molar-refractivity contribution is 9.10. The molecule has 0 aliphatic heterocycles. The van der Waals surface area contributed by atoms with Crippen LogP contribution in [0.1, 0.15) is 15.2 Å². The topological polar surface area (TPSA) is 17.1 Å². The van der Waals surface area contributed by atoms with E-state index in [4.69, 9.17) is 11.6 Å². The molecule has 0 saturated heterocycles. The van der Waals surface area contributed by atoms with E-state index in [2.05, 4.69) is 15.9 Å². The zero-order valence-corrected chi connectivity index (χ0v) is 11.4. The second kappa shape index (κ2) is 5.13. The van der Waals surface area contributed by atoms with E-state index in [0.717, 1.165) is 19.2 Å². The standard InChI is InChI=1S/C12H8BrClOS/c13-9-3-1-2-8(6-9)11(15)7-10-4-5-12(14)16-10/h1-6H,7H2. The zero-order valence-electron chi connectivity index (χ0n) is 8.24. The molecule has 0 bridgehead atoms. The Hall–Kier alpha value is -0.640. The molecule has 1 nitrogen and oxygen atoms in total. The SMILES string of the molecule is O=C(Cc1ccc(Cl)s1)c1cccc(Br)c1. The largest absolute Gasteiger partial charge is 0.294 e. The molecule has 16 heavy (non-hydrogen) atoms. The van der Waals surface area contributed by atoms with Crippen LogP contribution in [0.3, 0.4) is 0 Å². The first-order valence-electron chi connectivity index (χ1n) is 4.68. The minimum Gasteiger partial charge on any atom is -0.294 e. The van der Waals surface area contributed by atoms with E-state index in [9.17, 15) is 4.79 Å². The number of ketones is 1. The Balaban J connectivity index is 2.14. The van der Waals surface area contributed by atoms with Crippen molar-refractivity contribution in [3.63, 3.8) is 0 Å². The quantitative estimate of drug-likeness (QED) is 0.757. The summed E-state index contributed by atoms with van der Waals surface area (Å²) in [5.41, 5.74) is 0.721. The van der Waals surface area contributed by atoms with Crippen LogP contribution in [0, 0.1) is 0 Å². The molecule has 0 N–H and O–H groups in total. The van der Waals surface area contributed by atoms with Crippen molar-refractivity contribution in [2.24, 2.45) is 0 Å². The molecular formula is C12H8BrClOS. The van der Waals surface area contributed by atoms with E-state index < -0.39 is 0 Å². The van der Waals surface area contributed by atoms with Gasteiger partial charge in [-0.15, -0.1) is 11.3 Å². The van der Waals surface area contributed by atoms with Crippen LogP contribution in [0.2, 0.25) is 4.34 Å². The zero-order chi connectivity index (χ0) is 11.5. The van der Waals surface area contributed by atoms with Gasteiger partial charge in [0.2, 0.25) is 0 Å². The van der Waals surface area contributed by atoms with Gasteiger partial charge in [0.05, 0.1) is 4.34 Å². The Bertz CT molecular complexity index is 521. The Labute approximate surface area is 111 Å². The van der Waals surface area contributed by atoms with E-state index in [1.807, 2.05) is 36.4 Å². The van der Waals surface area contributed by atoms with Crippen molar-refractivity contribution in [2.45, 2.75) is 6.42 Å². The van der Waals surface area contributed by atoms with E-state index in [-0.39, 0.29) is 5.78 Å². The van der Waals surface area contributed by atoms with E-state index in [1.165, 1.54) is 11.3 Å². The lowest BCUT2D eigenvalue weighted by atomic mass is 10.1. The van der Waals surface area contributed by atoms with Crippen LogP contribution >= 0.6 is 38.9 Å². The van der Waals surface area contributed by atoms with Gasteiger partial charge in [-0.25, -0.2) is 0 Å².